The van der Waals surface area contributed by atoms with E-state index in [4.69, 9.17) is 0 Å². The van der Waals surface area contributed by atoms with Crippen molar-refractivity contribution in [3.05, 3.63) is 84.4 Å². The lowest BCUT2D eigenvalue weighted by Gasteiger charge is -2.27. The summed E-state index contributed by atoms with van der Waals surface area (Å²) in [7, 11) is 0. The summed E-state index contributed by atoms with van der Waals surface area (Å²) in [6.07, 6.45) is 0. The average Bonchev–Trinajstić information content (AvgIpc) is 2.55. The van der Waals surface area contributed by atoms with E-state index in [-0.39, 0.29) is 12.4 Å². The highest BCUT2D eigenvalue weighted by Crippen LogP contribution is 2.27. The van der Waals surface area contributed by atoms with E-state index >= 15 is 0 Å². The van der Waals surface area contributed by atoms with E-state index in [1.807, 2.05) is 0 Å². The lowest BCUT2D eigenvalue weighted by atomic mass is 9.92. The third kappa shape index (κ3) is 3.31. The Morgan fingerprint density at radius 2 is 1.00 bits per heavy atom. The lowest BCUT2D eigenvalue weighted by Crippen LogP contribution is -2.39. The molecule has 0 radical (unpaired) electrons. The normalized spacial score (nSPS) is 13.9. The van der Waals surface area contributed by atoms with Crippen LogP contribution in [0.1, 0.15) is 11.5 Å². The molecule has 23 heavy (non-hydrogen) atoms. The van der Waals surface area contributed by atoms with Gasteiger partial charge in [0.1, 0.15) is 0 Å². The van der Waals surface area contributed by atoms with E-state index in [1.165, 1.54) is 27.8 Å². The molecule has 0 unspecified atom stereocenters. The highest BCUT2D eigenvalue weighted by atomic mass is 35.5. The quantitative estimate of drug-likeness (QED) is 0.705. The topological polar surface area (TPSA) is 12.0 Å². The van der Waals surface area contributed by atoms with E-state index < -0.39 is 0 Å². The van der Waals surface area contributed by atoms with Crippen molar-refractivity contribution in [3.63, 3.8) is 0 Å². The Labute approximate surface area is 143 Å². The summed E-state index contributed by atoms with van der Waals surface area (Å²) in [5.41, 5.74) is 6.54. The standard InChI is InChI=1S/C21H19N.ClH/c1-2-4-16(5-3-1)17-6-8-18(9-7-17)19-10-12-20(13-11-19)21-14-22-15-21;/h1-13,21-22H,14-15H2;1H. The van der Waals surface area contributed by atoms with Gasteiger partial charge in [0, 0.05) is 19.0 Å². The van der Waals surface area contributed by atoms with Gasteiger partial charge in [0.05, 0.1) is 0 Å². The van der Waals surface area contributed by atoms with Gasteiger partial charge in [-0.3, -0.25) is 0 Å². The summed E-state index contributed by atoms with van der Waals surface area (Å²) in [5.74, 6) is 0.703. The van der Waals surface area contributed by atoms with Gasteiger partial charge in [0.15, 0.2) is 0 Å². The molecule has 116 valence electrons. The monoisotopic (exact) mass is 321 g/mol. The molecule has 1 saturated heterocycles. The molecule has 0 bridgehead atoms. The number of nitrogens with one attached hydrogen (secondary N) is 1. The molecule has 1 fully saturated rings. The van der Waals surface area contributed by atoms with Crippen LogP contribution < -0.4 is 5.32 Å². The number of hydrogen-bond donors (Lipinski definition) is 1. The number of halogens is 1. The number of benzene rings is 3. The molecular weight excluding hydrogens is 302 g/mol. The second-order valence-electron chi connectivity index (χ2n) is 5.92. The molecule has 2 heteroatoms. The summed E-state index contributed by atoms with van der Waals surface area (Å²) < 4.78 is 0. The predicted molar refractivity (Wildman–Crippen MR) is 100 cm³/mol. The Morgan fingerprint density at radius 1 is 0.565 bits per heavy atom. The molecule has 0 atom stereocenters. The fourth-order valence-electron chi connectivity index (χ4n) is 2.96. The largest absolute Gasteiger partial charge is 0.315 e. The molecule has 1 N–H and O–H groups in total. The third-order valence-electron chi connectivity index (χ3n) is 4.49. The second kappa shape index (κ2) is 6.99. The van der Waals surface area contributed by atoms with Crippen LogP contribution in [0.3, 0.4) is 0 Å². The van der Waals surface area contributed by atoms with Crippen LogP contribution in [0.15, 0.2) is 78.9 Å². The van der Waals surface area contributed by atoms with Crippen LogP contribution >= 0.6 is 12.4 Å². The zero-order chi connectivity index (χ0) is 14.8. The smallest absolute Gasteiger partial charge is 0.00885 e. The molecule has 4 rings (SSSR count). The molecule has 3 aromatic rings. The molecule has 0 aromatic heterocycles. The first kappa shape index (κ1) is 15.8. The van der Waals surface area contributed by atoms with Crippen molar-refractivity contribution in [3.8, 4) is 22.3 Å². The lowest BCUT2D eigenvalue weighted by molar-refractivity contribution is 0.448. The number of rotatable bonds is 3. The van der Waals surface area contributed by atoms with Gasteiger partial charge in [-0.25, -0.2) is 0 Å². The fourth-order valence-corrected chi connectivity index (χ4v) is 2.96. The van der Waals surface area contributed by atoms with Crippen LogP contribution in [0.5, 0.6) is 0 Å². The Balaban J connectivity index is 0.00000156. The van der Waals surface area contributed by atoms with E-state index in [0.29, 0.717) is 5.92 Å². The van der Waals surface area contributed by atoms with Gasteiger partial charge in [-0.2, -0.15) is 0 Å². The van der Waals surface area contributed by atoms with Gasteiger partial charge in [0.25, 0.3) is 0 Å². The maximum Gasteiger partial charge on any atom is 0.00885 e. The van der Waals surface area contributed by atoms with Gasteiger partial charge < -0.3 is 5.32 Å². The summed E-state index contributed by atoms with van der Waals surface area (Å²) in [6.45, 7) is 2.23. The molecule has 0 amide bonds. The van der Waals surface area contributed by atoms with Crippen LogP contribution in [-0.4, -0.2) is 13.1 Å². The minimum absolute atomic E-state index is 0. The summed E-state index contributed by atoms with van der Waals surface area (Å²) in [5, 5.41) is 3.33. The van der Waals surface area contributed by atoms with Crippen molar-refractivity contribution in [1.82, 2.24) is 5.32 Å². The highest BCUT2D eigenvalue weighted by molar-refractivity contribution is 5.85. The van der Waals surface area contributed by atoms with E-state index in [0.717, 1.165) is 13.1 Å². The van der Waals surface area contributed by atoms with Crippen LogP contribution in [-0.2, 0) is 0 Å². The third-order valence-corrected chi connectivity index (χ3v) is 4.49. The zero-order valence-corrected chi connectivity index (χ0v) is 13.7. The first-order chi connectivity index (χ1) is 10.9. The van der Waals surface area contributed by atoms with Crippen molar-refractivity contribution < 1.29 is 0 Å². The Bertz CT molecular complexity index is 744. The SMILES string of the molecule is Cl.c1ccc(-c2ccc(-c3ccc(C4CNC4)cc3)cc2)cc1. The molecule has 0 saturated carbocycles. The summed E-state index contributed by atoms with van der Waals surface area (Å²) in [6, 6.07) is 28.4. The maximum absolute atomic E-state index is 3.33. The van der Waals surface area contributed by atoms with Gasteiger partial charge in [-0.05, 0) is 27.8 Å². The van der Waals surface area contributed by atoms with Gasteiger partial charge >= 0.3 is 0 Å². The molecule has 1 aliphatic heterocycles. The fraction of sp³-hybridized carbons (Fsp3) is 0.143. The summed E-state index contributed by atoms with van der Waals surface area (Å²) >= 11 is 0. The molecule has 0 spiro atoms. The van der Waals surface area contributed by atoms with Crippen LogP contribution in [0, 0.1) is 0 Å². The zero-order valence-electron chi connectivity index (χ0n) is 12.9. The number of hydrogen-bond acceptors (Lipinski definition) is 1. The van der Waals surface area contributed by atoms with Crippen LogP contribution in [0.2, 0.25) is 0 Å². The van der Waals surface area contributed by atoms with E-state index in [2.05, 4.69) is 84.2 Å². The highest BCUT2D eigenvalue weighted by Gasteiger charge is 2.18. The van der Waals surface area contributed by atoms with E-state index in [9.17, 15) is 0 Å². The molecule has 0 aliphatic carbocycles. The molecular formula is C21H20ClN. The van der Waals surface area contributed by atoms with E-state index in [1.54, 1.807) is 0 Å². The van der Waals surface area contributed by atoms with Crippen LogP contribution in [0.4, 0.5) is 0 Å². The Morgan fingerprint density at radius 3 is 1.43 bits per heavy atom. The molecule has 1 aliphatic rings. The first-order valence-electron chi connectivity index (χ1n) is 7.87. The minimum Gasteiger partial charge on any atom is -0.315 e. The Kier molecular flexibility index (Phi) is 4.80. The maximum atomic E-state index is 3.33. The van der Waals surface area contributed by atoms with Gasteiger partial charge in [-0.15, -0.1) is 12.4 Å². The first-order valence-corrected chi connectivity index (χ1v) is 7.87. The van der Waals surface area contributed by atoms with Crippen molar-refractivity contribution in [2.24, 2.45) is 0 Å². The second-order valence-corrected chi connectivity index (χ2v) is 5.92. The minimum atomic E-state index is 0. The van der Waals surface area contributed by atoms with Crippen molar-refractivity contribution in [2.45, 2.75) is 5.92 Å². The molecule has 3 aromatic carbocycles. The molecule has 1 heterocycles. The predicted octanol–water partition coefficient (Wildman–Crippen LogP) is 5.13. The van der Waals surface area contributed by atoms with Crippen molar-refractivity contribution in [2.75, 3.05) is 13.1 Å². The van der Waals surface area contributed by atoms with Crippen molar-refractivity contribution in [1.29, 1.82) is 0 Å². The molecule has 1 nitrogen and oxygen atoms in total. The van der Waals surface area contributed by atoms with Crippen LogP contribution in [0.25, 0.3) is 22.3 Å². The van der Waals surface area contributed by atoms with Gasteiger partial charge in [-0.1, -0.05) is 78.9 Å². The Hall–Kier alpha value is -2.09. The van der Waals surface area contributed by atoms with Crippen molar-refractivity contribution >= 4 is 12.4 Å². The average molecular weight is 322 g/mol. The summed E-state index contributed by atoms with van der Waals surface area (Å²) in [4.78, 5) is 0. The van der Waals surface area contributed by atoms with Gasteiger partial charge in [0.2, 0.25) is 0 Å².